The van der Waals surface area contributed by atoms with Gasteiger partial charge in [0.15, 0.2) is 0 Å². The SMILES string of the molecule is CC(C)(C)c1cc2c(C(C)(C)C)ncn2cn1. The number of nitrogens with zero attached hydrogens (tertiary/aromatic N) is 3. The summed E-state index contributed by atoms with van der Waals surface area (Å²) in [7, 11) is 0. The molecule has 2 aromatic heterocycles. The quantitative estimate of drug-likeness (QED) is 0.696. The molecule has 0 N–H and O–H groups in total. The highest BCUT2D eigenvalue weighted by atomic mass is 15.0. The molecule has 2 heterocycles. The van der Waals surface area contributed by atoms with E-state index in [0.29, 0.717) is 0 Å². The summed E-state index contributed by atoms with van der Waals surface area (Å²) in [6, 6.07) is 2.16. The summed E-state index contributed by atoms with van der Waals surface area (Å²) in [5.74, 6) is 0. The van der Waals surface area contributed by atoms with E-state index in [1.165, 1.54) is 0 Å². The molecule has 0 aliphatic rings. The van der Waals surface area contributed by atoms with Crippen molar-refractivity contribution in [2.24, 2.45) is 0 Å². The molecular weight excluding hydrogens is 210 g/mol. The second kappa shape index (κ2) is 3.56. The highest BCUT2D eigenvalue weighted by molar-refractivity contribution is 5.55. The van der Waals surface area contributed by atoms with Crippen LogP contribution in [-0.4, -0.2) is 14.4 Å². The molecule has 0 amide bonds. The molecule has 0 radical (unpaired) electrons. The monoisotopic (exact) mass is 231 g/mol. The highest BCUT2D eigenvalue weighted by Crippen LogP contribution is 2.27. The van der Waals surface area contributed by atoms with Crippen LogP contribution in [0, 0.1) is 0 Å². The van der Waals surface area contributed by atoms with Crippen molar-refractivity contribution in [3.63, 3.8) is 0 Å². The summed E-state index contributed by atoms with van der Waals surface area (Å²) >= 11 is 0. The standard InChI is InChI=1S/C14H21N3/c1-13(2,3)11-7-10-12(14(4,5)6)16-9-17(10)8-15-11/h7-9H,1-6H3. The van der Waals surface area contributed by atoms with Gasteiger partial charge in [-0.3, -0.25) is 4.40 Å². The Kier molecular flexibility index (Phi) is 2.53. The van der Waals surface area contributed by atoms with Crippen LogP contribution in [0.5, 0.6) is 0 Å². The first-order chi connectivity index (χ1) is 7.69. The normalized spacial score (nSPS) is 13.3. The maximum atomic E-state index is 4.51. The zero-order valence-corrected chi connectivity index (χ0v) is 11.6. The van der Waals surface area contributed by atoms with Crippen molar-refractivity contribution in [2.75, 3.05) is 0 Å². The molecule has 3 nitrogen and oxygen atoms in total. The summed E-state index contributed by atoms with van der Waals surface area (Å²) in [5.41, 5.74) is 3.53. The average molecular weight is 231 g/mol. The number of rotatable bonds is 0. The fourth-order valence-corrected chi connectivity index (χ4v) is 1.88. The van der Waals surface area contributed by atoms with Gasteiger partial charge in [0.2, 0.25) is 0 Å². The van der Waals surface area contributed by atoms with Gasteiger partial charge in [0, 0.05) is 16.5 Å². The van der Waals surface area contributed by atoms with Gasteiger partial charge in [-0.1, -0.05) is 41.5 Å². The van der Waals surface area contributed by atoms with Gasteiger partial charge in [0.1, 0.15) is 12.7 Å². The van der Waals surface area contributed by atoms with E-state index in [0.717, 1.165) is 16.9 Å². The molecule has 0 aliphatic carbocycles. The van der Waals surface area contributed by atoms with E-state index in [4.69, 9.17) is 0 Å². The van der Waals surface area contributed by atoms with Crippen molar-refractivity contribution in [1.82, 2.24) is 14.4 Å². The molecule has 0 saturated heterocycles. The minimum atomic E-state index is 0.0608. The Hall–Kier alpha value is -1.38. The Morgan fingerprint density at radius 3 is 2.00 bits per heavy atom. The van der Waals surface area contributed by atoms with Gasteiger partial charge in [0.05, 0.1) is 11.2 Å². The summed E-state index contributed by atoms with van der Waals surface area (Å²) in [5, 5.41) is 0. The van der Waals surface area contributed by atoms with Gasteiger partial charge < -0.3 is 0 Å². The van der Waals surface area contributed by atoms with Crippen LogP contribution in [0.15, 0.2) is 18.7 Å². The summed E-state index contributed by atoms with van der Waals surface area (Å²) < 4.78 is 2.00. The summed E-state index contributed by atoms with van der Waals surface area (Å²) in [4.78, 5) is 9.01. The second-order valence-electron chi connectivity index (χ2n) is 6.66. The molecule has 2 rings (SSSR count). The summed E-state index contributed by atoms with van der Waals surface area (Å²) in [6.07, 6.45) is 3.70. The van der Waals surface area contributed by atoms with Crippen LogP contribution >= 0.6 is 0 Å². The Balaban J connectivity index is 2.67. The number of hydrogen-bond acceptors (Lipinski definition) is 2. The van der Waals surface area contributed by atoms with E-state index in [1.807, 2.05) is 17.1 Å². The highest BCUT2D eigenvalue weighted by Gasteiger charge is 2.22. The molecular formula is C14H21N3. The Bertz CT molecular complexity index is 539. The average Bonchev–Trinajstić information content (AvgIpc) is 2.57. The fourth-order valence-electron chi connectivity index (χ4n) is 1.88. The van der Waals surface area contributed by atoms with Gasteiger partial charge in [0.25, 0.3) is 0 Å². The third-order valence-corrected chi connectivity index (χ3v) is 2.91. The van der Waals surface area contributed by atoms with Crippen molar-refractivity contribution in [1.29, 1.82) is 0 Å². The van der Waals surface area contributed by atoms with Crippen molar-refractivity contribution >= 4 is 5.52 Å². The molecule has 0 fully saturated rings. The van der Waals surface area contributed by atoms with Gasteiger partial charge in [-0.05, 0) is 6.07 Å². The van der Waals surface area contributed by atoms with Crippen LogP contribution in [0.4, 0.5) is 0 Å². The van der Waals surface area contributed by atoms with Crippen molar-refractivity contribution in [3.05, 3.63) is 30.1 Å². The number of imidazole rings is 1. The maximum absolute atomic E-state index is 4.51. The lowest BCUT2D eigenvalue weighted by molar-refractivity contribution is 0.564. The molecule has 0 aliphatic heterocycles. The molecule has 3 heteroatoms. The predicted molar refractivity (Wildman–Crippen MR) is 70.4 cm³/mol. The Morgan fingerprint density at radius 1 is 0.882 bits per heavy atom. The smallest absolute Gasteiger partial charge is 0.101 e. The summed E-state index contributed by atoms with van der Waals surface area (Å²) in [6.45, 7) is 13.1. The van der Waals surface area contributed by atoms with Crippen molar-refractivity contribution in [3.8, 4) is 0 Å². The fraction of sp³-hybridized carbons (Fsp3) is 0.571. The lowest BCUT2D eigenvalue weighted by Gasteiger charge is -2.19. The minimum Gasteiger partial charge on any atom is -0.289 e. The molecule has 17 heavy (non-hydrogen) atoms. The molecule has 0 unspecified atom stereocenters. The third kappa shape index (κ3) is 2.19. The van der Waals surface area contributed by atoms with Crippen molar-refractivity contribution < 1.29 is 0 Å². The first-order valence-corrected chi connectivity index (χ1v) is 6.03. The molecule has 0 aromatic carbocycles. The van der Waals surface area contributed by atoms with Crippen LogP contribution in [0.3, 0.4) is 0 Å². The van der Waals surface area contributed by atoms with Gasteiger partial charge in [-0.25, -0.2) is 9.97 Å². The van der Waals surface area contributed by atoms with Crippen LogP contribution in [0.1, 0.15) is 52.9 Å². The van der Waals surface area contributed by atoms with Crippen LogP contribution in [-0.2, 0) is 10.8 Å². The molecule has 0 atom stereocenters. The largest absolute Gasteiger partial charge is 0.289 e. The Labute approximate surface area is 103 Å². The van der Waals surface area contributed by atoms with E-state index in [1.54, 1.807) is 0 Å². The third-order valence-electron chi connectivity index (χ3n) is 2.91. The van der Waals surface area contributed by atoms with E-state index in [9.17, 15) is 0 Å². The molecule has 0 saturated carbocycles. The molecule has 0 bridgehead atoms. The minimum absolute atomic E-state index is 0.0608. The number of fused-ring (bicyclic) bond motifs is 1. The number of hydrogen-bond donors (Lipinski definition) is 0. The maximum Gasteiger partial charge on any atom is 0.101 e. The van der Waals surface area contributed by atoms with E-state index < -0.39 is 0 Å². The predicted octanol–water partition coefficient (Wildman–Crippen LogP) is 3.32. The van der Waals surface area contributed by atoms with Gasteiger partial charge in [-0.15, -0.1) is 0 Å². The first-order valence-electron chi connectivity index (χ1n) is 6.03. The molecule has 92 valence electrons. The second-order valence-corrected chi connectivity index (χ2v) is 6.66. The van der Waals surface area contributed by atoms with E-state index >= 15 is 0 Å². The van der Waals surface area contributed by atoms with Crippen LogP contribution in [0.25, 0.3) is 5.52 Å². The lowest BCUT2D eigenvalue weighted by Crippen LogP contribution is -2.15. The molecule has 2 aromatic rings. The zero-order valence-electron chi connectivity index (χ0n) is 11.6. The van der Waals surface area contributed by atoms with Crippen molar-refractivity contribution in [2.45, 2.75) is 52.4 Å². The van der Waals surface area contributed by atoms with E-state index in [2.05, 4.69) is 57.6 Å². The Morgan fingerprint density at radius 2 is 1.47 bits per heavy atom. The molecule has 0 spiro atoms. The zero-order chi connectivity index (χ0) is 12.8. The van der Waals surface area contributed by atoms with E-state index in [-0.39, 0.29) is 10.8 Å². The number of aromatic nitrogens is 3. The van der Waals surface area contributed by atoms with Crippen LogP contribution < -0.4 is 0 Å². The van der Waals surface area contributed by atoms with Crippen LogP contribution in [0.2, 0.25) is 0 Å². The lowest BCUT2D eigenvalue weighted by atomic mass is 9.89. The first kappa shape index (κ1) is 12.1. The van der Waals surface area contributed by atoms with Gasteiger partial charge in [-0.2, -0.15) is 0 Å². The topological polar surface area (TPSA) is 30.2 Å². The van der Waals surface area contributed by atoms with Gasteiger partial charge >= 0.3 is 0 Å².